The molecule has 1 aromatic rings. The van der Waals surface area contributed by atoms with Crippen molar-refractivity contribution < 1.29 is 14.6 Å². The number of nitrogens with zero attached hydrogens (tertiary/aromatic N) is 2. The predicted octanol–water partition coefficient (Wildman–Crippen LogP) is 3.10. The third kappa shape index (κ3) is 7.86. The summed E-state index contributed by atoms with van der Waals surface area (Å²) >= 11 is 0. The first kappa shape index (κ1) is 24.0. The maximum atomic E-state index is 12.2. The van der Waals surface area contributed by atoms with Crippen molar-refractivity contribution in [2.45, 2.75) is 58.7 Å². The first-order valence-corrected chi connectivity index (χ1v) is 10.9. The molecule has 0 radical (unpaired) electrons. The number of aliphatic hydroxyl groups is 1. The maximum Gasteiger partial charge on any atom is 0.410 e. The number of carbonyl (C=O) groups is 1. The van der Waals surface area contributed by atoms with Crippen LogP contribution in [0, 0.1) is 5.92 Å². The molecule has 3 N–H and O–H groups in total. The van der Waals surface area contributed by atoms with Crippen LogP contribution in [0.25, 0.3) is 0 Å². The van der Waals surface area contributed by atoms with E-state index in [0.717, 1.165) is 31.5 Å². The Balaban J connectivity index is 1.84. The second kappa shape index (κ2) is 10.7. The van der Waals surface area contributed by atoms with E-state index in [4.69, 9.17) is 4.74 Å². The van der Waals surface area contributed by atoms with Gasteiger partial charge in [0.1, 0.15) is 11.2 Å². The largest absolute Gasteiger partial charge is 0.444 e. The van der Waals surface area contributed by atoms with Gasteiger partial charge in [0.2, 0.25) is 0 Å². The number of carbonyl (C=O) groups excluding carboxylic acids is 1. The van der Waals surface area contributed by atoms with E-state index in [1.54, 1.807) is 11.8 Å². The summed E-state index contributed by atoms with van der Waals surface area (Å²) in [5.41, 5.74) is -0.644. The fraction of sp³-hybridized carbons (Fsp3) is 0.652. The SMILES string of the molecule is CCNC(=NCC(C)(O)c1ccccc1)NCC1CCN(C(=O)OC(C)(C)C)CC1. The molecule has 1 unspecified atom stereocenters. The number of benzene rings is 1. The lowest BCUT2D eigenvalue weighted by Gasteiger charge is -2.33. The summed E-state index contributed by atoms with van der Waals surface area (Å²) in [6, 6.07) is 9.59. The van der Waals surface area contributed by atoms with Crippen molar-refractivity contribution in [3.63, 3.8) is 0 Å². The highest BCUT2D eigenvalue weighted by Gasteiger charge is 2.27. The standard InChI is InChI=1S/C23H38N4O3/c1-6-24-20(26-17-23(5,29)19-10-8-7-9-11-19)25-16-18-12-14-27(15-13-18)21(28)30-22(2,3)4/h7-11,18,29H,6,12-17H2,1-5H3,(H2,24,25,26). The lowest BCUT2D eigenvalue weighted by molar-refractivity contribution is 0.0185. The van der Waals surface area contributed by atoms with E-state index in [1.165, 1.54) is 0 Å². The highest BCUT2D eigenvalue weighted by molar-refractivity contribution is 5.79. The van der Waals surface area contributed by atoms with Gasteiger partial charge in [0, 0.05) is 26.2 Å². The zero-order chi connectivity index (χ0) is 22.2. The number of amides is 1. The number of aliphatic imine (C=N–C) groups is 1. The van der Waals surface area contributed by atoms with Crippen LogP contribution < -0.4 is 10.6 Å². The van der Waals surface area contributed by atoms with Crippen LogP contribution in [0.3, 0.4) is 0 Å². The van der Waals surface area contributed by atoms with Gasteiger partial charge >= 0.3 is 6.09 Å². The van der Waals surface area contributed by atoms with Gasteiger partial charge in [0.15, 0.2) is 5.96 Å². The Morgan fingerprint density at radius 1 is 1.17 bits per heavy atom. The summed E-state index contributed by atoms with van der Waals surface area (Å²) < 4.78 is 5.46. The molecule has 168 valence electrons. The van der Waals surface area contributed by atoms with Crippen molar-refractivity contribution in [3.05, 3.63) is 35.9 Å². The van der Waals surface area contributed by atoms with Crippen LogP contribution in [-0.2, 0) is 10.3 Å². The molecule has 1 heterocycles. The van der Waals surface area contributed by atoms with E-state index in [9.17, 15) is 9.90 Å². The fourth-order valence-corrected chi connectivity index (χ4v) is 3.35. The molecular formula is C23H38N4O3. The smallest absolute Gasteiger partial charge is 0.410 e. The highest BCUT2D eigenvalue weighted by atomic mass is 16.6. The van der Waals surface area contributed by atoms with Crippen molar-refractivity contribution in [3.8, 4) is 0 Å². The summed E-state index contributed by atoms with van der Waals surface area (Å²) in [6.07, 6.45) is 1.62. The Hall–Kier alpha value is -2.28. The van der Waals surface area contributed by atoms with Crippen molar-refractivity contribution in [1.82, 2.24) is 15.5 Å². The van der Waals surface area contributed by atoms with Gasteiger partial charge in [0.25, 0.3) is 0 Å². The normalized spacial score (nSPS) is 17.9. The molecular weight excluding hydrogens is 380 g/mol. The molecule has 7 heteroatoms. The zero-order valence-corrected chi connectivity index (χ0v) is 19.1. The number of hydrogen-bond acceptors (Lipinski definition) is 4. The quantitative estimate of drug-likeness (QED) is 0.488. The van der Waals surface area contributed by atoms with Gasteiger partial charge in [-0.25, -0.2) is 9.79 Å². The number of hydrogen-bond donors (Lipinski definition) is 3. The van der Waals surface area contributed by atoms with Crippen LogP contribution in [0.5, 0.6) is 0 Å². The molecule has 1 saturated heterocycles. The average molecular weight is 419 g/mol. The zero-order valence-electron chi connectivity index (χ0n) is 19.1. The third-order valence-corrected chi connectivity index (χ3v) is 5.11. The third-order valence-electron chi connectivity index (χ3n) is 5.11. The van der Waals surface area contributed by atoms with Gasteiger partial charge in [-0.05, 0) is 58.9 Å². The second-order valence-electron chi connectivity index (χ2n) is 9.13. The average Bonchev–Trinajstić information content (AvgIpc) is 2.70. The first-order chi connectivity index (χ1) is 14.1. The van der Waals surface area contributed by atoms with Crippen LogP contribution >= 0.6 is 0 Å². The molecule has 7 nitrogen and oxygen atoms in total. The topological polar surface area (TPSA) is 86.2 Å². The number of rotatable bonds is 6. The van der Waals surface area contributed by atoms with Crippen molar-refractivity contribution in [1.29, 1.82) is 0 Å². The minimum Gasteiger partial charge on any atom is -0.444 e. The van der Waals surface area contributed by atoms with E-state index >= 15 is 0 Å². The molecule has 1 aromatic carbocycles. The van der Waals surface area contributed by atoms with Gasteiger partial charge in [-0.1, -0.05) is 30.3 Å². The molecule has 1 amide bonds. The van der Waals surface area contributed by atoms with Crippen molar-refractivity contribution >= 4 is 12.1 Å². The van der Waals surface area contributed by atoms with Crippen LogP contribution in [0.4, 0.5) is 4.79 Å². The number of likely N-dealkylation sites (tertiary alicyclic amines) is 1. The van der Waals surface area contributed by atoms with Gasteiger partial charge in [-0.15, -0.1) is 0 Å². The molecule has 1 atom stereocenters. The molecule has 2 rings (SSSR count). The van der Waals surface area contributed by atoms with Gasteiger partial charge in [-0.3, -0.25) is 0 Å². The number of nitrogens with one attached hydrogen (secondary N) is 2. The molecule has 1 fully saturated rings. The van der Waals surface area contributed by atoms with Gasteiger partial charge in [-0.2, -0.15) is 0 Å². The molecule has 0 aliphatic carbocycles. The molecule has 0 aromatic heterocycles. The van der Waals surface area contributed by atoms with Gasteiger partial charge in [0.05, 0.1) is 6.54 Å². The van der Waals surface area contributed by atoms with E-state index in [-0.39, 0.29) is 12.6 Å². The van der Waals surface area contributed by atoms with Crippen LogP contribution in [0.15, 0.2) is 35.3 Å². The molecule has 1 aliphatic heterocycles. The monoisotopic (exact) mass is 418 g/mol. The van der Waals surface area contributed by atoms with Gasteiger partial charge < -0.3 is 25.4 Å². The predicted molar refractivity (Wildman–Crippen MR) is 121 cm³/mol. The lowest BCUT2D eigenvalue weighted by atomic mass is 9.96. The van der Waals surface area contributed by atoms with Crippen LogP contribution in [0.2, 0.25) is 0 Å². The Morgan fingerprint density at radius 3 is 2.37 bits per heavy atom. The van der Waals surface area contributed by atoms with E-state index < -0.39 is 11.2 Å². The molecule has 0 spiro atoms. The van der Waals surface area contributed by atoms with Crippen LogP contribution in [-0.4, -0.2) is 60.4 Å². The minimum absolute atomic E-state index is 0.230. The van der Waals surface area contributed by atoms with E-state index in [0.29, 0.717) is 25.0 Å². The molecule has 30 heavy (non-hydrogen) atoms. The Kier molecular flexibility index (Phi) is 8.53. The summed E-state index contributed by atoms with van der Waals surface area (Å²) in [5, 5.41) is 17.4. The van der Waals surface area contributed by atoms with Crippen molar-refractivity contribution in [2.75, 3.05) is 32.7 Å². The Morgan fingerprint density at radius 2 is 1.80 bits per heavy atom. The number of guanidine groups is 1. The second-order valence-corrected chi connectivity index (χ2v) is 9.13. The lowest BCUT2D eigenvalue weighted by Crippen LogP contribution is -2.45. The minimum atomic E-state index is -1.03. The number of piperidine rings is 1. The fourth-order valence-electron chi connectivity index (χ4n) is 3.35. The Labute approximate surface area is 180 Å². The van der Waals surface area contributed by atoms with Crippen molar-refractivity contribution in [2.24, 2.45) is 10.9 Å². The summed E-state index contributed by atoms with van der Waals surface area (Å²) in [4.78, 5) is 18.6. The van der Waals surface area contributed by atoms with Crippen LogP contribution in [0.1, 0.15) is 53.0 Å². The number of ether oxygens (including phenoxy) is 1. The molecule has 0 bridgehead atoms. The summed E-state index contributed by atoms with van der Waals surface area (Å²) in [5.74, 6) is 1.16. The van der Waals surface area contributed by atoms with E-state index in [2.05, 4.69) is 15.6 Å². The first-order valence-electron chi connectivity index (χ1n) is 10.9. The molecule has 1 aliphatic rings. The summed E-state index contributed by atoms with van der Waals surface area (Å²) in [7, 11) is 0. The van der Waals surface area contributed by atoms with E-state index in [1.807, 2.05) is 58.0 Å². The Bertz CT molecular complexity index is 690. The maximum absolute atomic E-state index is 12.2. The highest BCUT2D eigenvalue weighted by Crippen LogP contribution is 2.21. The molecule has 0 saturated carbocycles. The summed E-state index contributed by atoms with van der Waals surface area (Å²) in [6.45, 7) is 12.7.